The molecule has 0 aliphatic heterocycles. The van der Waals surface area contributed by atoms with Crippen molar-refractivity contribution in [2.45, 2.75) is 45.2 Å². The number of nitrogens with zero attached hydrogens (tertiary/aromatic N) is 2. The lowest BCUT2D eigenvalue weighted by Crippen LogP contribution is -2.46. The molecule has 1 amide bonds. The van der Waals surface area contributed by atoms with Crippen LogP contribution in [0.5, 0.6) is 0 Å². The molecule has 1 heterocycles. The summed E-state index contributed by atoms with van der Waals surface area (Å²) in [7, 11) is 0. The average molecular weight is 403 g/mol. The van der Waals surface area contributed by atoms with Crippen LogP contribution >= 0.6 is 0 Å². The van der Waals surface area contributed by atoms with Gasteiger partial charge in [-0.25, -0.2) is 4.79 Å². The van der Waals surface area contributed by atoms with Crippen molar-refractivity contribution < 1.29 is 14.7 Å². The summed E-state index contributed by atoms with van der Waals surface area (Å²) in [5.74, 6) is -1.01. The molecule has 1 aromatic rings. The second kappa shape index (κ2) is 14.5. The van der Waals surface area contributed by atoms with Crippen molar-refractivity contribution in [1.82, 2.24) is 20.5 Å². The maximum Gasteiger partial charge on any atom is 0.335 e. The molecule has 0 aliphatic carbocycles. The largest absolute Gasteiger partial charge is 0.478 e. The summed E-state index contributed by atoms with van der Waals surface area (Å²) in [6, 6.07) is 2.60. The molecule has 0 aliphatic rings. The topological polar surface area (TPSA) is 94.6 Å². The molecule has 0 saturated carbocycles. The van der Waals surface area contributed by atoms with Crippen LogP contribution in [0.1, 0.15) is 48.7 Å². The van der Waals surface area contributed by atoms with E-state index in [1.165, 1.54) is 18.3 Å². The minimum Gasteiger partial charge on any atom is -0.478 e. The van der Waals surface area contributed by atoms with Crippen LogP contribution in [0.2, 0.25) is 0 Å². The summed E-state index contributed by atoms with van der Waals surface area (Å²) >= 11 is 0. The van der Waals surface area contributed by atoms with Gasteiger partial charge in [0, 0.05) is 25.8 Å². The molecule has 1 rings (SSSR count). The Bertz CT molecular complexity index is 653. The van der Waals surface area contributed by atoms with Crippen LogP contribution in [-0.2, 0) is 11.3 Å². The van der Waals surface area contributed by atoms with Gasteiger partial charge in [0.25, 0.3) is 0 Å². The number of carboxylic acid groups (broad SMARTS) is 1. The van der Waals surface area contributed by atoms with Crippen molar-refractivity contribution in [1.29, 1.82) is 0 Å². The summed E-state index contributed by atoms with van der Waals surface area (Å²) in [5.41, 5.74) is 0.771. The van der Waals surface area contributed by atoms with E-state index in [1.54, 1.807) is 17.1 Å². The summed E-state index contributed by atoms with van der Waals surface area (Å²) < 4.78 is 0. The van der Waals surface area contributed by atoms with Crippen molar-refractivity contribution in [2.75, 3.05) is 26.2 Å². The van der Waals surface area contributed by atoms with Crippen LogP contribution in [0.25, 0.3) is 0 Å². The van der Waals surface area contributed by atoms with Gasteiger partial charge in [-0.05, 0) is 44.5 Å². The molecule has 1 atom stereocenters. The second-order valence-electron chi connectivity index (χ2n) is 6.84. The summed E-state index contributed by atoms with van der Waals surface area (Å²) in [4.78, 5) is 30.1. The number of unbranched alkanes of at least 4 members (excludes halogenated alkanes) is 1. The van der Waals surface area contributed by atoms with Crippen LogP contribution < -0.4 is 10.6 Å². The summed E-state index contributed by atoms with van der Waals surface area (Å²) in [6.45, 7) is 12.7. The zero-order chi connectivity index (χ0) is 21.5. The van der Waals surface area contributed by atoms with E-state index in [4.69, 9.17) is 5.11 Å². The molecule has 7 nitrogen and oxygen atoms in total. The minimum atomic E-state index is -0.996. The average Bonchev–Trinajstić information content (AvgIpc) is 2.72. The number of aromatic carboxylic acids is 1. The Kier molecular flexibility index (Phi) is 12.2. The molecule has 0 radical (unpaired) electrons. The highest BCUT2D eigenvalue weighted by molar-refractivity contribution is 5.87. The number of hydrogen-bond donors (Lipinski definition) is 3. The normalized spacial score (nSPS) is 11.6. The first-order valence-corrected chi connectivity index (χ1v) is 10.2. The number of rotatable bonds is 16. The molecule has 0 spiro atoms. The molecule has 0 aromatic carbocycles. The Hall–Kier alpha value is -2.51. The third kappa shape index (κ3) is 9.49. The maximum absolute atomic E-state index is 13.0. The van der Waals surface area contributed by atoms with Gasteiger partial charge >= 0.3 is 5.97 Å². The van der Waals surface area contributed by atoms with Crippen LogP contribution in [0.3, 0.4) is 0 Å². The number of carbonyl (C=O) groups excluding carboxylic acids is 1. The monoisotopic (exact) mass is 402 g/mol. The van der Waals surface area contributed by atoms with E-state index in [0.29, 0.717) is 31.7 Å². The Morgan fingerprint density at radius 2 is 1.97 bits per heavy atom. The van der Waals surface area contributed by atoms with Gasteiger partial charge in [0.1, 0.15) is 0 Å². The van der Waals surface area contributed by atoms with Gasteiger partial charge in [0.05, 0.1) is 17.3 Å². The smallest absolute Gasteiger partial charge is 0.335 e. The van der Waals surface area contributed by atoms with Crippen molar-refractivity contribution >= 4 is 11.9 Å². The van der Waals surface area contributed by atoms with Gasteiger partial charge in [0.2, 0.25) is 5.91 Å². The number of aromatic nitrogens is 1. The molecule has 160 valence electrons. The van der Waals surface area contributed by atoms with E-state index >= 15 is 0 Å². The van der Waals surface area contributed by atoms with E-state index in [-0.39, 0.29) is 17.5 Å². The van der Waals surface area contributed by atoms with E-state index < -0.39 is 5.97 Å². The zero-order valence-corrected chi connectivity index (χ0v) is 17.4. The maximum atomic E-state index is 13.0. The summed E-state index contributed by atoms with van der Waals surface area (Å²) in [5, 5.41) is 15.8. The van der Waals surface area contributed by atoms with Crippen molar-refractivity contribution in [3.05, 3.63) is 54.9 Å². The highest BCUT2D eigenvalue weighted by Crippen LogP contribution is 2.08. The third-order valence-electron chi connectivity index (χ3n) is 4.42. The predicted molar refractivity (Wildman–Crippen MR) is 116 cm³/mol. The molecule has 1 aromatic heterocycles. The van der Waals surface area contributed by atoms with E-state index in [2.05, 4.69) is 35.7 Å². The highest BCUT2D eigenvalue weighted by atomic mass is 16.4. The van der Waals surface area contributed by atoms with Gasteiger partial charge in [0.15, 0.2) is 0 Å². The Labute approximate surface area is 173 Å². The third-order valence-corrected chi connectivity index (χ3v) is 4.42. The number of pyridine rings is 1. The Balaban J connectivity index is 2.75. The molecule has 0 bridgehead atoms. The lowest BCUT2D eigenvalue weighted by atomic mass is 10.1. The van der Waals surface area contributed by atoms with E-state index in [0.717, 1.165) is 32.4 Å². The molecule has 0 saturated heterocycles. The van der Waals surface area contributed by atoms with Gasteiger partial charge < -0.3 is 20.6 Å². The molecule has 7 heteroatoms. The number of carbonyl (C=O) groups is 2. The number of carboxylic acids is 1. The van der Waals surface area contributed by atoms with Crippen LogP contribution in [0, 0.1) is 0 Å². The van der Waals surface area contributed by atoms with Gasteiger partial charge in [-0.15, -0.1) is 13.2 Å². The molecule has 3 N–H and O–H groups in total. The highest BCUT2D eigenvalue weighted by Gasteiger charge is 2.22. The lowest BCUT2D eigenvalue weighted by molar-refractivity contribution is -0.132. The van der Waals surface area contributed by atoms with Crippen molar-refractivity contribution in [3.8, 4) is 0 Å². The first-order valence-electron chi connectivity index (χ1n) is 10.2. The van der Waals surface area contributed by atoms with Crippen molar-refractivity contribution in [3.63, 3.8) is 0 Å². The van der Waals surface area contributed by atoms with E-state index in [1.807, 2.05) is 0 Å². The predicted octanol–water partition coefficient (Wildman–Crippen LogP) is 2.61. The molecule has 0 unspecified atom stereocenters. The first-order chi connectivity index (χ1) is 14.0. The Morgan fingerprint density at radius 3 is 2.59 bits per heavy atom. The van der Waals surface area contributed by atoms with Gasteiger partial charge in [-0.2, -0.15) is 0 Å². The van der Waals surface area contributed by atoms with Crippen LogP contribution in [0.4, 0.5) is 0 Å². The van der Waals surface area contributed by atoms with Crippen LogP contribution in [-0.4, -0.2) is 59.1 Å². The number of hydrogen-bond acceptors (Lipinski definition) is 5. The van der Waals surface area contributed by atoms with Crippen LogP contribution in [0.15, 0.2) is 43.6 Å². The Morgan fingerprint density at radius 1 is 1.24 bits per heavy atom. The first kappa shape index (κ1) is 24.5. The van der Waals surface area contributed by atoms with Gasteiger partial charge in [-0.1, -0.05) is 25.5 Å². The SMILES string of the molecule is C=CCN(CC=C)C(=O)[C@@H](CCCCNCCC)NCc1cc(C(=O)O)ccn1. The standard InChI is InChI=1S/C22H34N4O3/c1-4-11-23-12-8-7-9-20(21(27)26(14-5-2)15-6-3)25-17-19-16-18(22(28)29)10-13-24-19/h5-6,10,13,16,20,23,25H,2-4,7-9,11-12,14-15,17H2,1H3,(H,28,29)/t20-/m1/s1. The van der Waals surface area contributed by atoms with Gasteiger partial charge in [-0.3, -0.25) is 9.78 Å². The fourth-order valence-corrected chi connectivity index (χ4v) is 2.94. The lowest BCUT2D eigenvalue weighted by Gasteiger charge is -2.26. The number of nitrogens with one attached hydrogen (secondary N) is 2. The quantitative estimate of drug-likeness (QED) is 0.291. The number of amides is 1. The molecule has 29 heavy (non-hydrogen) atoms. The van der Waals surface area contributed by atoms with E-state index in [9.17, 15) is 9.59 Å². The zero-order valence-electron chi connectivity index (χ0n) is 17.4. The van der Waals surface area contributed by atoms with Crippen molar-refractivity contribution in [2.24, 2.45) is 0 Å². The summed E-state index contributed by atoms with van der Waals surface area (Å²) in [6.07, 6.45) is 8.55. The fourth-order valence-electron chi connectivity index (χ4n) is 2.94. The fraction of sp³-hybridized carbons (Fsp3) is 0.500. The molecular weight excluding hydrogens is 368 g/mol. The minimum absolute atomic E-state index is 0.0132. The second-order valence-corrected chi connectivity index (χ2v) is 6.84. The molecular formula is C22H34N4O3. The molecule has 0 fully saturated rings.